The smallest absolute Gasteiger partial charge is 0.128 e. The Labute approximate surface area is 117 Å². The highest BCUT2D eigenvalue weighted by atomic mass is 15.2. The van der Waals surface area contributed by atoms with E-state index in [1.54, 1.807) is 0 Å². The molecule has 3 nitrogen and oxygen atoms in total. The monoisotopic (exact) mass is 261 g/mol. The van der Waals surface area contributed by atoms with E-state index in [1.807, 2.05) is 6.20 Å². The average Bonchev–Trinajstić information content (AvgIpc) is 2.45. The molecule has 1 aromatic rings. The topological polar surface area (TPSA) is 28.2 Å². The zero-order chi connectivity index (χ0) is 13.7. The van der Waals surface area contributed by atoms with Crippen molar-refractivity contribution in [2.24, 2.45) is 5.92 Å². The number of aromatic nitrogens is 1. The van der Waals surface area contributed by atoms with Gasteiger partial charge in [-0.2, -0.15) is 0 Å². The molecule has 19 heavy (non-hydrogen) atoms. The quantitative estimate of drug-likeness (QED) is 0.882. The molecule has 0 aromatic carbocycles. The van der Waals surface area contributed by atoms with Gasteiger partial charge < -0.3 is 10.2 Å². The van der Waals surface area contributed by atoms with Gasteiger partial charge in [0.1, 0.15) is 5.82 Å². The standard InChI is InChI=1S/C16H27N3/c1-4-17-11-14-8-9-16(18-12-14)19(3)15-7-5-6-13(2)10-15/h8-9,12-13,15,17H,4-7,10-11H2,1-3H3. The van der Waals surface area contributed by atoms with Crippen LogP contribution in [0, 0.1) is 5.92 Å². The fraction of sp³-hybridized carbons (Fsp3) is 0.688. The second-order valence-electron chi connectivity index (χ2n) is 5.84. The molecule has 1 aromatic heterocycles. The van der Waals surface area contributed by atoms with E-state index in [0.29, 0.717) is 6.04 Å². The summed E-state index contributed by atoms with van der Waals surface area (Å²) in [4.78, 5) is 6.99. The summed E-state index contributed by atoms with van der Waals surface area (Å²) in [5.41, 5.74) is 1.26. The lowest BCUT2D eigenvalue weighted by Crippen LogP contribution is -2.36. The van der Waals surface area contributed by atoms with Crippen LogP contribution in [0.3, 0.4) is 0 Å². The molecule has 0 amide bonds. The SMILES string of the molecule is CCNCc1ccc(N(C)C2CCCC(C)C2)nc1. The first kappa shape index (κ1) is 14.3. The molecule has 0 bridgehead atoms. The van der Waals surface area contributed by atoms with E-state index in [0.717, 1.165) is 24.8 Å². The highest BCUT2D eigenvalue weighted by Crippen LogP contribution is 2.28. The number of hydrogen-bond donors (Lipinski definition) is 1. The summed E-state index contributed by atoms with van der Waals surface area (Å²) in [5, 5.41) is 3.33. The zero-order valence-electron chi connectivity index (χ0n) is 12.5. The van der Waals surface area contributed by atoms with E-state index in [9.17, 15) is 0 Å². The summed E-state index contributed by atoms with van der Waals surface area (Å²) >= 11 is 0. The Kier molecular flexibility index (Phi) is 5.20. The van der Waals surface area contributed by atoms with Gasteiger partial charge in [-0.25, -0.2) is 4.98 Å². The molecule has 1 heterocycles. The van der Waals surface area contributed by atoms with Gasteiger partial charge in [0.05, 0.1) is 0 Å². The van der Waals surface area contributed by atoms with Gasteiger partial charge in [-0.3, -0.25) is 0 Å². The first-order chi connectivity index (χ1) is 9.20. The zero-order valence-corrected chi connectivity index (χ0v) is 12.5. The van der Waals surface area contributed by atoms with Crippen LogP contribution in [0.4, 0.5) is 5.82 Å². The van der Waals surface area contributed by atoms with E-state index in [-0.39, 0.29) is 0 Å². The van der Waals surface area contributed by atoms with Crippen molar-refractivity contribution in [1.82, 2.24) is 10.3 Å². The minimum atomic E-state index is 0.663. The summed E-state index contributed by atoms with van der Waals surface area (Å²) in [6.45, 7) is 6.41. The third kappa shape index (κ3) is 3.93. The van der Waals surface area contributed by atoms with Gasteiger partial charge in [-0.05, 0) is 36.9 Å². The Bertz CT molecular complexity index is 374. The molecule has 0 radical (unpaired) electrons. The molecule has 1 N–H and O–H groups in total. The minimum Gasteiger partial charge on any atom is -0.357 e. The largest absolute Gasteiger partial charge is 0.357 e. The molecule has 1 aliphatic rings. The van der Waals surface area contributed by atoms with Crippen LogP contribution in [-0.4, -0.2) is 24.6 Å². The lowest BCUT2D eigenvalue weighted by atomic mass is 9.86. The Morgan fingerprint density at radius 2 is 2.21 bits per heavy atom. The second-order valence-corrected chi connectivity index (χ2v) is 5.84. The summed E-state index contributed by atoms with van der Waals surface area (Å²) in [6, 6.07) is 5.01. The fourth-order valence-corrected chi connectivity index (χ4v) is 2.94. The van der Waals surface area contributed by atoms with Crippen LogP contribution in [0.25, 0.3) is 0 Å². The van der Waals surface area contributed by atoms with Crippen LogP contribution in [0.1, 0.15) is 45.1 Å². The predicted octanol–water partition coefficient (Wildman–Crippen LogP) is 3.21. The Balaban J connectivity index is 1.96. The molecular formula is C16H27N3. The van der Waals surface area contributed by atoms with E-state index < -0.39 is 0 Å². The minimum absolute atomic E-state index is 0.663. The van der Waals surface area contributed by atoms with Crippen molar-refractivity contribution < 1.29 is 0 Å². The van der Waals surface area contributed by atoms with E-state index >= 15 is 0 Å². The maximum atomic E-state index is 4.62. The van der Waals surface area contributed by atoms with Gasteiger partial charge >= 0.3 is 0 Å². The van der Waals surface area contributed by atoms with Gasteiger partial charge in [-0.15, -0.1) is 0 Å². The molecule has 3 heteroatoms. The van der Waals surface area contributed by atoms with Gasteiger partial charge in [0, 0.05) is 25.8 Å². The average molecular weight is 261 g/mol. The van der Waals surface area contributed by atoms with Crippen molar-refractivity contribution in [3.63, 3.8) is 0 Å². The molecule has 1 aliphatic carbocycles. The third-order valence-electron chi connectivity index (χ3n) is 4.21. The molecule has 2 rings (SSSR count). The van der Waals surface area contributed by atoms with Crippen LogP contribution in [0.15, 0.2) is 18.3 Å². The maximum Gasteiger partial charge on any atom is 0.128 e. The van der Waals surface area contributed by atoms with Crippen LogP contribution >= 0.6 is 0 Å². The lowest BCUT2D eigenvalue weighted by molar-refractivity contribution is 0.335. The first-order valence-corrected chi connectivity index (χ1v) is 7.59. The number of anilines is 1. The molecule has 1 saturated carbocycles. The van der Waals surface area contributed by atoms with Crippen molar-refractivity contribution in [3.05, 3.63) is 23.9 Å². The first-order valence-electron chi connectivity index (χ1n) is 7.59. The van der Waals surface area contributed by atoms with Gasteiger partial charge in [0.15, 0.2) is 0 Å². The molecule has 1 fully saturated rings. The van der Waals surface area contributed by atoms with E-state index in [2.05, 4.69) is 48.2 Å². The fourth-order valence-electron chi connectivity index (χ4n) is 2.94. The number of rotatable bonds is 5. The normalized spacial score (nSPS) is 23.3. The molecule has 106 valence electrons. The molecule has 2 atom stereocenters. The van der Waals surface area contributed by atoms with E-state index in [4.69, 9.17) is 0 Å². The van der Waals surface area contributed by atoms with Crippen molar-refractivity contribution >= 4 is 5.82 Å². The van der Waals surface area contributed by atoms with Crippen LogP contribution in [0.2, 0.25) is 0 Å². The number of nitrogens with zero attached hydrogens (tertiary/aromatic N) is 2. The molecule has 0 spiro atoms. The van der Waals surface area contributed by atoms with Crippen molar-refractivity contribution in [3.8, 4) is 0 Å². The van der Waals surface area contributed by atoms with Crippen molar-refractivity contribution in [1.29, 1.82) is 0 Å². The third-order valence-corrected chi connectivity index (χ3v) is 4.21. The Morgan fingerprint density at radius 1 is 1.37 bits per heavy atom. The van der Waals surface area contributed by atoms with Gasteiger partial charge in [0.2, 0.25) is 0 Å². The van der Waals surface area contributed by atoms with Gasteiger partial charge in [0.25, 0.3) is 0 Å². The van der Waals surface area contributed by atoms with E-state index in [1.165, 1.54) is 31.2 Å². The summed E-state index contributed by atoms with van der Waals surface area (Å²) in [6.07, 6.45) is 7.35. The number of hydrogen-bond acceptors (Lipinski definition) is 3. The summed E-state index contributed by atoms with van der Waals surface area (Å²) in [7, 11) is 2.19. The lowest BCUT2D eigenvalue weighted by Gasteiger charge is -2.34. The van der Waals surface area contributed by atoms with Crippen LogP contribution in [0.5, 0.6) is 0 Å². The molecule has 0 aliphatic heterocycles. The Morgan fingerprint density at radius 3 is 2.84 bits per heavy atom. The second kappa shape index (κ2) is 6.90. The number of nitrogens with one attached hydrogen (secondary N) is 1. The predicted molar refractivity (Wildman–Crippen MR) is 81.4 cm³/mol. The molecule has 2 unspecified atom stereocenters. The Hall–Kier alpha value is -1.09. The highest BCUT2D eigenvalue weighted by molar-refractivity contribution is 5.39. The molecule has 0 saturated heterocycles. The summed E-state index contributed by atoms with van der Waals surface area (Å²) < 4.78 is 0. The van der Waals surface area contributed by atoms with Crippen molar-refractivity contribution in [2.45, 2.75) is 52.1 Å². The highest BCUT2D eigenvalue weighted by Gasteiger charge is 2.22. The molecular weight excluding hydrogens is 234 g/mol. The summed E-state index contributed by atoms with van der Waals surface area (Å²) in [5.74, 6) is 1.97. The van der Waals surface area contributed by atoms with Crippen LogP contribution < -0.4 is 10.2 Å². The number of pyridine rings is 1. The van der Waals surface area contributed by atoms with Gasteiger partial charge in [-0.1, -0.05) is 32.8 Å². The van der Waals surface area contributed by atoms with Crippen LogP contribution in [-0.2, 0) is 6.54 Å². The maximum absolute atomic E-state index is 4.62. The van der Waals surface area contributed by atoms with Crippen molar-refractivity contribution in [2.75, 3.05) is 18.5 Å².